The fourth-order valence-electron chi connectivity index (χ4n) is 0.498. The molecule has 0 bridgehead atoms. The molecule has 0 aromatic rings. The molecular formula is C5H7NO2S. The summed E-state index contributed by atoms with van der Waals surface area (Å²) >= 11 is 1.43. The number of amides is 1. The second-order valence-electron chi connectivity index (χ2n) is 1.57. The van der Waals surface area contributed by atoms with Crippen molar-refractivity contribution in [3.8, 4) is 0 Å². The van der Waals surface area contributed by atoms with Crippen molar-refractivity contribution < 1.29 is 9.53 Å². The topological polar surface area (TPSA) is 52.3 Å². The van der Waals surface area contributed by atoms with E-state index in [-0.39, 0.29) is 0 Å². The quantitative estimate of drug-likeness (QED) is 0.568. The van der Waals surface area contributed by atoms with Crippen molar-refractivity contribution in [1.82, 2.24) is 0 Å². The van der Waals surface area contributed by atoms with Crippen LogP contribution in [0.15, 0.2) is 11.2 Å². The van der Waals surface area contributed by atoms with Gasteiger partial charge >= 0.3 is 0 Å². The van der Waals surface area contributed by atoms with E-state index >= 15 is 0 Å². The highest BCUT2D eigenvalue weighted by atomic mass is 32.2. The second kappa shape index (κ2) is 2.77. The largest absolute Gasteiger partial charge is 0.499 e. The number of thioether (sulfide) groups is 1. The molecule has 1 heterocycles. The van der Waals surface area contributed by atoms with E-state index in [9.17, 15) is 4.79 Å². The molecule has 0 spiro atoms. The van der Waals surface area contributed by atoms with Crippen LogP contribution in [0, 0.1) is 0 Å². The number of rotatable bonds is 1. The van der Waals surface area contributed by atoms with Crippen LogP contribution in [0.4, 0.5) is 0 Å². The summed E-state index contributed by atoms with van der Waals surface area (Å²) in [4.78, 5) is 10.9. The van der Waals surface area contributed by atoms with E-state index in [4.69, 9.17) is 10.5 Å². The van der Waals surface area contributed by atoms with E-state index in [0.29, 0.717) is 11.5 Å². The minimum atomic E-state index is -0.403. The van der Waals surface area contributed by atoms with Gasteiger partial charge in [-0.2, -0.15) is 0 Å². The first kappa shape index (κ1) is 6.48. The smallest absolute Gasteiger partial charge is 0.258 e. The summed E-state index contributed by atoms with van der Waals surface area (Å²) in [5, 5.41) is 0. The van der Waals surface area contributed by atoms with Crippen molar-refractivity contribution in [2.24, 2.45) is 5.73 Å². The number of carbonyl (C=O) groups is 1. The minimum Gasteiger partial charge on any atom is -0.499 e. The lowest BCUT2D eigenvalue weighted by Gasteiger charge is -2.08. The standard InChI is InChI=1S/C5H7NO2S/c6-5(7)4-3-8-1-2-9-4/h3H,1-2H2,(H2,6,7). The Morgan fingerprint density at radius 1 is 1.89 bits per heavy atom. The Morgan fingerprint density at radius 2 is 2.67 bits per heavy atom. The maximum atomic E-state index is 10.4. The third kappa shape index (κ3) is 1.64. The van der Waals surface area contributed by atoms with Crippen LogP contribution in [0.2, 0.25) is 0 Å². The molecule has 0 radical (unpaired) electrons. The summed E-state index contributed by atoms with van der Waals surface area (Å²) in [7, 11) is 0. The molecule has 0 aromatic heterocycles. The van der Waals surface area contributed by atoms with Gasteiger partial charge in [0.25, 0.3) is 5.91 Å². The lowest BCUT2D eigenvalue weighted by Crippen LogP contribution is -2.15. The first-order valence-electron chi connectivity index (χ1n) is 2.55. The molecule has 4 heteroatoms. The summed E-state index contributed by atoms with van der Waals surface area (Å²) in [6.07, 6.45) is 1.41. The molecular weight excluding hydrogens is 138 g/mol. The molecule has 9 heavy (non-hydrogen) atoms. The molecule has 0 aliphatic carbocycles. The van der Waals surface area contributed by atoms with Gasteiger partial charge in [0.15, 0.2) is 0 Å². The average molecular weight is 145 g/mol. The Kier molecular flexibility index (Phi) is 2.00. The maximum absolute atomic E-state index is 10.4. The highest BCUT2D eigenvalue weighted by molar-refractivity contribution is 8.04. The van der Waals surface area contributed by atoms with Gasteiger partial charge in [0.2, 0.25) is 0 Å². The van der Waals surface area contributed by atoms with Gasteiger partial charge in [0.05, 0.1) is 6.61 Å². The zero-order valence-corrected chi connectivity index (χ0v) is 5.61. The predicted octanol–water partition coefficient (Wildman–Crippen LogP) is 0.0765. The van der Waals surface area contributed by atoms with Crippen LogP contribution in [0.25, 0.3) is 0 Å². The molecule has 1 aliphatic rings. The molecule has 0 fully saturated rings. The van der Waals surface area contributed by atoms with Gasteiger partial charge in [0.1, 0.15) is 11.2 Å². The molecule has 1 aliphatic heterocycles. The predicted molar refractivity (Wildman–Crippen MR) is 35.7 cm³/mol. The van der Waals surface area contributed by atoms with Crippen molar-refractivity contribution in [3.63, 3.8) is 0 Å². The van der Waals surface area contributed by atoms with Crippen molar-refractivity contribution in [2.75, 3.05) is 12.4 Å². The first-order chi connectivity index (χ1) is 4.30. The van der Waals surface area contributed by atoms with Crippen molar-refractivity contribution in [1.29, 1.82) is 0 Å². The monoisotopic (exact) mass is 145 g/mol. The fraction of sp³-hybridized carbons (Fsp3) is 0.400. The zero-order chi connectivity index (χ0) is 6.69. The maximum Gasteiger partial charge on any atom is 0.258 e. The van der Waals surface area contributed by atoms with Crippen LogP contribution < -0.4 is 5.73 Å². The molecule has 2 N–H and O–H groups in total. The van der Waals surface area contributed by atoms with Gasteiger partial charge in [-0.05, 0) is 0 Å². The molecule has 0 saturated carbocycles. The van der Waals surface area contributed by atoms with E-state index < -0.39 is 5.91 Å². The Balaban J connectivity index is 2.57. The number of nitrogens with two attached hydrogens (primary N) is 1. The number of hydrogen-bond acceptors (Lipinski definition) is 3. The number of hydrogen-bond donors (Lipinski definition) is 1. The summed E-state index contributed by atoms with van der Waals surface area (Å²) < 4.78 is 4.86. The SMILES string of the molecule is NC(=O)C1=COCCS1. The van der Waals surface area contributed by atoms with E-state index in [1.165, 1.54) is 18.0 Å². The molecule has 3 nitrogen and oxygen atoms in total. The van der Waals surface area contributed by atoms with Crippen molar-refractivity contribution in [2.45, 2.75) is 0 Å². The van der Waals surface area contributed by atoms with Gasteiger partial charge in [0, 0.05) is 5.75 Å². The van der Waals surface area contributed by atoms with Gasteiger partial charge in [-0.1, -0.05) is 0 Å². The third-order valence-corrected chi connectivity index (χ3v) is 1.87. The van der Waals surface area contributed by atoms with E-state index in [2.05, 4.69) is 0 Å². The number of primary amides is 1. The normalized spacial score (nSPS) is 18.0. The van der Waals surface area contributed by atoms with Crippen molar-refractivity contribution in [3.05, 3.63) is 11.2 Å². The summed E-state index contributed by atoms with van der Waals surface area (Å²) in [6.45, 7) is 0.668. The van der Waals surface area contributed by atoms with Crippen LogP contribution >= 0.6 is 11.8 Å². The Morgan fingerprint density at radius 3 is 3.00 bits per heavy atom. The average Bonchev–Trinajstić information content (AvgIpc) is 1.90. The Labute approximate surface area is 57.2 Å². The zero-order valence-electron chi connectivity index (χ0n) is 4.79. The number of carbonyl (C=O) groups excluding carboxylic acids is 1. The first-order valence-corrected chi connectivity index (χ1v) is 3.53. The van der Waals surface area contributed by atoms with Gasteiger partial charge in [-0.3, -0.25) is 4.79 Å². The summed E-state index contributed by atoms with van der Waals surface area (Å²) in [6, 6.07) is 0. The van der Waals surface area contributed by atoms with Gasteiger partial charge in [-0.25, -0.2) is 0 Å². The molecule has 1 amide bonds. The van der Waals surface area contributed by atoms with Gasteiger partial charge in [-0.15, -0.1) is 11.8 Å². The molecule has 50 valence electrons. The minimum absolute atomic E-state index is 0.403. The highest BCUT2D eigenvalue weighted by Gasteiger charge is 2.09. The highest BCUT2D eigenvalue weighted by Crippen LogP contribution is 2.18. The lowest BCUT2D eigenvalue weighted by atomic mass is 10.6. The molecule has 0 saturated heterocycles. The van der Waals surface area contributed by atoms with E-state index in [1.807, 2.05) is 0 Å². The van der Waals surface area contributed by atoms with Crippen LogP contribution in [-0.2, 0) is 9.53 Å². The Hall–Kier alpha value is -0.640. The summed E-state index contributed by atoms with van der Waals surface area (Å²) in [5.74, 6) is 0.411. The van der Waals surface area contributed by atoms with Crippen LogP contribution in [0.5, 0.6) is 0 Å². The number of ether oxygens (including phenoxy) is 1. The van der Waals surface area contributed by atoms with Crippen LogP contribution in [0.3, 0.4) is 0 Å². The van der Waals surface area contributed by atoms with Gasteiger partial charge < -0.3 is 10.5 Å². The van der Waals surface area contributed by atoms with E-state index in [1.54, 1.807) is 0 Å². The second-order valence-corrected chi connectivity index (χ2v) is 2.70. The molecule has 0 unspecified atom stereocenters. The fourth-order valence-corrected chi connectivity index (χ4v) is 1.18. The molecule has 0 atom stereocenters. The van der Waals surface area contributed by atoms with Crippen LogP contribution in [-0.4, -0.2) is 18.3 Å². The van der Waals surface area contributed by atoms with E-state index in [0.717, 1.165) is 5.75 Å². The molecule has 1 rings (SSSR count). The third-order valence-electron chi connectivity index (χ3n) is 0.892. The summed E-state index contributed by atoms with van der Waals surface area (Å²) in [5.41, 5.74) is 4.96. The van der Waals surface area contributed by atoms with Crippen LogP contribution in [0.1, 0.15) is 0 Å². The molecule has 0 aromatic carbocycles. The Bertz CT molecular complexity index is 155. The van der Waals surface area contributed by atoms with Crippen molar-refractivity contribution >= 4 is 17.7 Å². The lowest BCUT2D eigenvalue weighted by molar-refractivity contribution is -0.114.